The van der Waals surface area contributed by atoms with Crippen molar-refractivity contribution in [1.29, 1.82) is 0 Å². The van der Waals surface area contributed by atoms with Crippen LogP contribution in [0.15, 0.2) is 77.7 Å². The summed E-state index contributed by atoms with van der Waals surface area (Å²) in [6.07, 6.45) is 0. The number of fused-ring (bicyclic) bond motifs is 1. The lowest BCUT2D eigenvalue weighted by Gasteiger charge is -2.32. The Morgan fingerprint density at radius 1 is 0.969 bits per heavy atom. The van der Waals surface area contributed by atoms with Crippen LogP contribution in [0.2, 0.25) is 0 Å². The first kappa shape index (κ1) is 21.6. The Hall–Kier alpha value is -3.65. The Balaban J connectivity index is 1.78. The van der Waals surface area contributed by atoms with Gasteiger partial charge in [-0.05, 0) is 55.3 Å². The fourth-order valence-corrected chi connectivity index (χ4v) is 5.18. The maximum absolute atomic E-state index is 13.6. The molecular weight excluding hydrogens is 426 g/mol. The van der Waals surface area contributed by atoms with E-state index >= 15 is 0 Å². The average molecular weight is 450 g/mol. The van der Waals surface area contributed by atoms with Gasteiger partial charge >= 0.3 is 0 Å². The molecule has 8 heteroatoms. The second-order valence-electron chi connectivity index (χ2n) is 7.59. The van der Waals surface area contributed by atoms with E-state index in [-0.39, 0.29) is 17.3 Å². The van der Waals surface area contributed by atoms with Gasteiger partial charge in [0, 0.05) is 0 Å². The van der Waals surface area contributed by atoms with E-state index < -0.39 is 22.5 Å². The third-order valence-electron chi connectivity index (χ3n) is 5.53. The maximum Gasteiger partial charge on any atom is 0.264 e. The Morgan fingerprint density at radius 3 is 2.41 bits per heavy atom. The summed E-state index contributed by atoms with van der Waals surface area (Å²) in [4.78, 5) is 27.0. The molecule has 0 bridgehead atoms. The molecule has 7 nitrogen and oxygen atoms in total. The standard InChI is InChI=1S/C24H23N3O4S/c1-17-9-8-14-21(18(17)2)27(32(30,31)19-10-4-3-5-11-19)16-24(29)26-15-23(28)25-20-12-6-7-13-22(20)26/h3-14H,15-16H2,1-2H3,(H,25,28). The van der Waals surface area contributed by atoms with E-state index in [1.165, 1.54) is 17.0 Å². The quantitative estimate of drug-likeness (QED) is 0.646. The third kappa shape index (κ3) is 3.97. The minimum absolute atomic E-state index is 0.0884. The van der Waals surface area contributed by atoms with Crippen molar-refractivity contribution >= 4 is 38.9 Å². The van der Waals surface area contributed by atoms with Gasteiger partial charge in [0.1, 0.15) is 13.1 Å². The Morgan fingerprint density at radius 2 is 1.66 bits per heavy atom. The lowest BCUT2D eigenvalue weighted by atomic mass is 10.1. The van der Waals surface area contributed by atoms with Crippen LogP contribution in [0.5, 0.6) is 0 Å². The van der Waals surface area contributed by atoms with Crippen molar-refractivity contribution in [3.63, 3.8) is 0 Å². The number of hydrogen-bond donors (Lipinski definition) is 1. The topological polar surface area (TPSA) is 86.8 Å². The van der Waals surface area contributed by atoms with Crippen molar-refractivity contribution in [1.82, 2.24) is 0 Å². The predicted octanol–water partition coefficient (Wildman–Crippen LogP) is 3.48. The number of nitrogens with one attached hydrogen (secondary N) is 1. The van der Waals surface area contributed by atoms with Crippen molar-refractivity contribution in [2.24, 2.45) is 0 Å². The summed E-state index contributed by atoms with van der Waals surface area (Å²) in [5.41, 5.74) is 3.15. The lowest BCUT2D eigenvalue weighted by Crippen LogP contribution is -2.48. The number of carbonyl (C=O) groups excluding carboxylic acids is 2. The molecule has 0 spiro atoms. The van der Waals surface area contributed by atoms with E-state index in [0.29, 0.717) is 17.1 Å². The van der Waals surface area contributed by atoms with Gasteiger partial charge in [-0.25, -0.2) is 8.42 Å². The highest BCUT2D eigenvalue weighted by molar-refractivity contribution is 7.92. The fourth-order valence-electron chi connectivity index (χ4n) is 3.69. The number of anilines is 3. The van der Waals surface area contributed by atoms with E-state index in [1.807, 2.05) is 19.9 Å². The first-order chi connectivity index (χ1) is 15.3. The van der Waals surface area contributed by atoms with Gasteiger partial charge < -0.3 is 5.32 Å². The van der Waals surface area contributed by atoms with Gasteiger partial charge in [-0.2, -0.15) is 0 Å². The summed E-state index contributed by atoms with van der Waals surface area (Å²) in [6, 6.07) is 20.3. The van der Waals surface area contributed by atoms with E-state index in [0.717, 1.165) is 15.4 Å². The largest absolute Gasteiger partial charge is 0.323 e. The maximum atomic E-state index is 13.6. The molecule has 0 aliphatic carbocycles. The Labute approximate surface area is 187 Å². The molecule has 0 saturated carbocycles. The van der Waals surface area contributed by atoms with Gasteiger partial charge in [-0.15, -0.1) is 0 Å². The van der Waals surface area contributed by atoms with Crippen LogP contribution in [0.25, 0.3) is 0 Å². The molecule has 1 N–H and O–H groups in total. The summed E-state index contributed by atoms with van der Waals surface area (Å²) in [5, 5.41) is 2.74. The molecule has 0 radical (unpaired) electrons. The molecule has 32 heavy (non-hydrogen) atoms. The number of hydrogen-bond acceptors (Lipinski definition) is 4. The zero-order valence-corrected chi connectivity index (χ0v) is 18.6. The van der Waals surface area contributed by atoms with Crippen molar-refractivity contribution in [3.05, 3.63) is 83.9 Å². The Kier molecular flexibility index (Phi) is 5.71. The van der Waals surface area contributed by atoms with Crippen LogP contribution in [-0.4, -0.2) is 33.3 Å². The summed E-state index contributed by atoms with van der Waals surface area (Å²) in [7, 11) is -4.03. The lowest BCUT2D eigenvalue weighted by molar-refractivity contribution is -0.121. The number of rotatable bonds is 5. The summed E-state index contributed by atoms with van der Waals surface area (Å²) < 4.78 is 28.3. The van der Waals surface area contributed by atoms with E-state index in [9.17, 15) is 18.0 Å². The van der Waals surface area contributed by atoms with Crippen LogP contribution in [0.1, 0.15) is 11.1 Å². The van der Waals surface area contributed by atoms with Gasteiger partial charge in [0.05, 0.1) is 22.0 Å². The fraction of sp³-hybridized carbons (Fsp3) is 0.167. The molecule has 1 aliphatic rings. The number of aryl methyl sites for hydroxylation is 1. The minimum Gasteiger partial charge on any atom is -0.323 e. The van der Waals surface area contributed by atoms with Crippen LogP contribution in [0.4, 0.5) is 17.1 Å². The molecule has 1 aliphatic heterocycles. The number of carbonyl (C=O) groups is 2. The van der Waals surface area contributed by atoms with Gasteiger partial charge in [-0.3, -0.25) is 18.8 Å². The monoisotopic (exact) mass is 449 g/mol. The highest BCUT2D eigenvalue weighted by Gasteiger charge is 2.33. The van der Waals surface area contributed by atoms with Crippen LogP contribution in [0.3, 0.4) is 0 Å². The molecular formula is C24H23N3O4S. The molecule has 3 aromatic rings. The number of sulfonamides is 1. The zero-order valence-electron chi connectivity index (χ0n) is 17.8. The van der Waals surface area contributed by atoms with Crippen LogP contribution >= 0.6 is 0 Å². The van der Waals surface area contributed by atoms with Crippen molar-refractivity contribution < 1.29 is 18.0 Å². The first-order valence-electron chi connectivity index (χ1n) is 10.1. The predicted molar refractivity (Wildman–Crippen MR) is 124 cm³/mol. The molecule has 1 heterocycles. The van der Waals surface area contributed by atoms with E-state index in [1.54, 1.807) is 54.6 Å². The number of benzene rings is 3. The van der Waals surface area contributed by atoms with E-state index in [4.69, 9.17) is 0 Å². The smallest absolute Gasteiger partial charge is 0.264 e. The SMILES string of the molecule is Cc1cccc(N(CC(=O)N2CC(=O)Nc3ccccc32)S(=O)(=O)c2ccccc2)c1C. The molecule has 3 aromatic carbocycles. The molecule has 0 saturated heterocycles. The zero-order chi connectivity index (χ0) is 22.9. The number of nitrogens with zero attached hydrogens (tertiary/aromatic N) is 2. The normalized spacial score (nSPS) is 13.3. The van der Waals surface area contributed by atoms with E-state index in [2.05, 4.69) is 5.32 Å². The van der Waals surface area contributed by atoms with Crippen molar-refractivity contribution in [3.8, 4) is 0 Å². The summed E-state index contributed by atoms with van der Waals surface area (Å²) >= 11 is 0. The van der Waals surface area contributed by atoms with Crippen LogP contribution in [-0.2, 0) is 19.6 Å². The van der Waals surface area contributed by atoms with Crippen molar-refractivity contribution in [2.75, 3.05) is 27.6 Å². The molecule has 0 aromatic heterocycles. The molecule has 2 amide bonds. The second kappa shape index (κ2) is 8.47. The molecule has 0 atom stereocenters. The summed E-state index contributed by atoms with van der Waals surface area (Å²) in [6.45, 7) is 3.09. The number of para-hydroxylation sites is 2. The molecule has 164 valence electrons. The average Bonchev–Trinajstić information content (AvgIpc) is 2.79. The van der Waals surface area contributed by atoms with Crippen LogP contribution in [0, 0.1) is 13.8 Å². The van der Waals surface area contributed by atoms with Gasteiger partial charge in [-0.1, -0.05) is 42.5 Å². The first-order valence-corrected chi connectivity index (χ1v) is 11.6. The highest BCUT2D eigenvalue weighted by atomic mass is 32.2. The molecule has 0 fully saturated rings. The molecule has 0 unspecified atom stereocenters. The number of amides is 2. The second-order valence-corrected chi connectivity index (χ2v) is 9.45. The van der Waals surface area contributed by atoms with Crippen LogP contribution < -0.4 is 14.5 Å². The highest BCUT2D eigenvalue weighted by Crippen LogP contribution is 2.32. The Bertz CT molecular complexity index is 1290. The minimum atomic E-state index is -4.03. The summed E-state index contributed by atoms with van der Waals surface area (Å²) in [5.74, 6) is -0.825. The third-order valence-corrected chi connectivity index (χ3v) is 7.30. The van der Waals surface area contributed by atoms with Crippen molar-refractivity contribution in [2.45, 2.75) is 18.7 Å². The van der Waals surface area contributed by atoms with Gasteiger partial charge in [0.25, 0.3) is 10.0 Å². The molecule has 4 rings (SSSR count). The van der Waals surface area contributed by atoms with Gasteiger partial charge in [0.15, 0.2) is 0 Å². The van der Waals surface area contributed by atoms with Gasteiger partial charge in [0.2, 0.25) is 11.8 Å².